The number of nitrogens with zero attached hydrogens (tertiary/aromatic N) is 1. The zero-order valence-corrected chi connectivity index (χ0v) is 23.6. The number of aliphatic carboxylic acids is 1. The van der Waals surface area contributed by atoms with E-state index in [9.17, 15) is 23.9 Å². The van der Waals surface area contributed by atoms with Crippen LogP contribution in [0, 0.1) is 11.7 Å². The Morgan fingerprint density at radius 1 is 0.884 bits per heavy atom. The molecule has 0 unspecified atom stereocenters. The lowest BCUT2D eigenvalue weighted by atomic mass is 9.84. The predicted octanol–water partition coefficient (Wildman–Crippen LogP) is 6.38. The van der Waals surface area contributed by atoms with Crippen LogP contribution in [0.3, 0.4) is 0 Å². The minimum Gasteiger partial charge on any atom is -0.492 e. The van der Waals surface area contributed by atoms with Gasteiger partial charge in [0.25, 0.3) is 0 Å². The third kappa shape index (κ3) is 7.46. The van der Waals surface area contributed by atoms with Crippen molar-refractivity contribution in [1.82, 2.24) is 0 Å². The van der Waals surface area contributed by atoms with Gasteiger partial charge < -0.3 is 20.1 Å². The highest BCUT2D eigenvalue weighted by molar-refractivity contribution is 6.12. The third-order valence-corrected chi connectivity index (χ3v) is 7.64. The van der Waals surface area contributed by atoms with Crippen LogP contribution in [-0.2, 0) is 16.0 Å². The molecular formula is C35H33FN2O5. The number of benzene rings is 4. The number of nitrogens with one attached hydrogen (secondary N) is 1. The van der Waals surface area contributed by atoms with Crippen molar-refractivity contribution >= 4 is 29.0 Å². The van der Waals surface area contributed by atoms with Gasteiger partial charge in [-0.05, 0) is 66.9 Å². The maximum Gasteiger partial charge on any atom is 0.326 e. The Kier molecular flexibility index (Phi) is 9.46. The zero-order chi connectivity index (χ0) is 30.2. The van der Waals surface area contributed by atoms with Gasteiger partial charge in [-0.15, -0.1) is 0 Å². The highest BCUT2D eigenvalue weighted by atomic mass is 19.1. The molecule has 0 aromatic heterocycles. The molecule has 0 heterocycles. The molecule has 2 N–H and O–H groups in total. The topological polar surface area (TPSA) is 95.9 Å². The molecule has 8 heteroatoms. The lowest BCUT2D eigenvalue weighted by Crippen LogP contribution is -2.41. The summed E-state index contributed by atoms with van der Waals surface area (Å²) in [5.41, 5.74) is 2.77. The summed E-state index contributed by atoms with van der Waals surface area (Å²) in [4.78, 5) is 39.9. The standard InChI is InChI=1S/C35H33FN2O5/c36-27-15-17-28(18-16-27)38(34(40)26-9-6-10-26)21-22-43-29-19-13-24(14-20-29)23-32(35(41)42)37-31-12-5-4-11-30(31)33(39)25-7-2-1-3-8-25/h1-5,7-8,11-20,26,32,37H,6,9-10,21-23H2,(H,41,42)/t32-/m0/s1. The van der Waals surface area contributed by atoms with Gasteiger partial charge >= 0.3 is 5.97 Å². The van der Waals surface area contributed by atoms with Crippen LogP contribution in [-0.4, -0.2) is 42.0 Å². The Morgan fingerprint density at radius 2 is 1.56 bits per heavy atom. The maximum atomic E-state index is 13.5. The van der Waals surface area contributed by atoms with Crippen LogP contribution in [0.4, 0.5) is 15.8 Å². The molecule has 0 aliphatic heterocycles. The van der Waals surface area contributed by atoms with Crippen molar-refractivity contribution in [2.45, 2.75) is 31.7 Å². The van der Waals surface area contributed by atoms with E-state index in [1.165, 1.54) is 12.1 Å². The van der Waals surface area contributed by atoms with E-state index in [1.807, 2.05) is 6.07 Å². The molecule has 0 radical (unpaired) electrons. The molecule has 1 atom stereocenters. The largest absolute Gasteiger partial charge is 0.492 e. The van der Waals surface area contributed by atoms with Gasteiger partial charge in [-0.3, -0.25) is 9.59 Å². The SMILES string of the molecule is O=C(c1ccccc1)c1ccccc1N[C@@H](Cc1ccc(OCCN(C(=O)C2CCC2)c2ccc(F)cc2)cc1)C(=O)O. The van der Waals surface area contributed by atoms with E-state index in [4.69, 9.17) is 4.74 Å². The molecule has 5 rings (SSSR count). The van der Waals surface area contributed by atoms with Gasteiger partial charge in [0.05, 0.1) is 6.54 Å². The van der Waals surface area contributed by atoms with E-state index in [-0.39, 0.29) is 36.5 Å². The molecule has 0 bridgehead atoms. The van der Waals surface area contributed by atoms with Gasteiger partial charge in [-0.1, -0.05) is 61.0 Å². The van der Waals surface area contributed by atoms with Crippen LogP contribution < -0.4 is 15.0 Å². The smallest absolute Gasteiger partial charge is 0.326 e. The van der Waals surface area contributed by atoms with Crippen LogP contribution in [0.25, 0.3) is 0 Å². The molecule has 0 spiro atoms. The lowest BCUT2D eigenvalue weighted by molar-refractivity contribution is -0.137. The molecule has 1 saturated carbocycles. The van der Waals surface area contributed by atoms with Gasteiger partial charge in [-0.2, -0.15) is 0 Å². The number of ketones is 1. The van der Waals surface area contributed by atoms with Crippen molar-refractivity contribution in [2.75, 3.05) is 23.4 Å². The first-order valence-corrected chi connectivity index (χ1v) is 14.4. The Bertz CT molecular complexity index is 1550. The quantitative estimate of drug-likeness (QED) is 0.178. The number of anilines is 2. The van der Waals surface area contributed by atoms with Crippen molar-refractivity contribution in [2.24, 2.45) is 5.92 Å². The van der Waals surface area contributed by atoms with Gasteiger partial charge in [-0.25, -0.2) is 9.18 Å². The van der Waals surface area contributed by atoms with E-state index in [1.54, 1.807) is 89.8 Å². The summed E-state index contributed by atoms with van der Waals surface area (Å²) in [7, 11) is 0. The number of halogens is 1. The number of ether oxygens (including phenoxy) is 1. The summed E-state index contributed by atoms with van der Waals surface area (Å²) in [6.45, 7) is 0.551. The van der Waals surface area contributed by atoms with E-state index >= 15 is 0 Å². The molecule has 220 valence electrons. The Labute approximate surface area is 249 Å². The van der Waals surface area contributed by atoms with Crippen molar-refractivity contribution in [1.29, 1.82) is 0 Å². The minimum absolute atomic E-state index is 0.0106. The first-order valence-electron chi connectivity index (χ1n) is 14.4. The normalized spacial score (nSPS) is 13.4. The first kappa shape index (κ1) is 29.5. The third-order valence-electron chi connectivity index (χ3n) is 7.64. The minimum atomic E-state index is -1.04. The lowest BCUT2D eigenvalue weighted by Gasteiger charge is -2.31. The van der Waals surface area contributed by atoms with Gasteiger partial charge in [0.15, 0.2) is 5.78 Å². The van der Waals surface area contributed by atoms with Crippen molar-refractivity contribution in [3.63, 3.8) is 0 Å². The van der Waals surface area contributed by atoms with Crippen molar-refractivity contribution < 1.29 is 28.6 Å². The van der Waals surface area contributed by atoms with Crippen LogP contribution in [0.5, 0.6) is 5.75 Å². The fourth-order valence-corrected chi connectivity index (χ4v) is 5.02. The van der Waals surface area contributed by atoms with E-state index < -0.39 is 12.0 Å². The molecular weight excluding hydrogens is 547 g/mol. The monoisotopic (exact) mass is 580 g/mol. The van der Waals surface area contributed by atoms with Gasteiger partial charge in [0, 0.05) is 34.8 Å². The summed E-state index contributed by atoms with van der Waals surface area (Å²) in [5.74, 6) is -1.00. The Balaban J connectivity index is 1.21. The Hall–Kier alpha value is -4.98. The molecule has 0 saturated heterocycles. The van der Waals surface area contributed by atoms with Crippen molar-refractivity contribution in [3.05, 3.63) is 126 Å². The molecule has 4 aromatic carbocycles. The molecule has 7 nitrogen and oxygen atoms in total. The number of hydrogen-bond donors (Lipinski definition) is 2. The highest BCUT2D eigenvalue weighted by Gasteiger charge is 2.30. The number of amides is 1. The Morgan fingerprint density at radius 3 is 2.21 bits per heavy atom. The maximum absolute atomic E-state index is 13.5. The number of rotatable bonds is 13. The van der Waals surface area contributed by atoms with E-state index in [0.29, 0.717) is 34.8 Å². The number of carboxylic acid groups (broad SMARTS) is 1. The van der Waals surface area contributed by atoms with Gasteiger partial charge in [0.1, 0.15) is 24.2 Å². The fourth-order valence-electron chi connectivity index (χ4n) is 5.02. The first-order chi connectivity index (χ1) is 20.9. The number of carboxylic acids is 1. The second-order valence-electron chi connectivity index (χ2n) is 10.6. The second kappa shape index (κ2) is 13.8. The summed E-state index contributed by atoms with van der Waals surface area (Å²) in [6, 6.07) is 27.8. The summed E-state index contributed by atoms with van der Waals surface area (Å²) < 4.78 is 19.4. The van der Waals surface area contributed by atoms with Crippen LogP contribution in [0.15, 0.2) is 103 Å². The summed E-state index contributed by atoms with van der Waals surface area (Å²) in [6.07, 6.45) is 2.94. The second-order valence-corrected chi connectivity index (χ2v) is 10.6. The van der Waals surface area contributed by atoms with E-state index in [0.717, 1.165) is 24.8 Å². The number of carbonyl (C=O) groups excluding carboxylic acids is 2. The van der Waals surface area contributed by atoms with Crippen LogP contribution >= 0.6 is 0 Å². The summed E-state index contributed by atoms with van der Waals surface area (Å²) >= 11 is 0. The highest BCUT2D eigenvalue weighted by Crippen LogP contribution is 2.30. The zero-order valence-electron chi connectivity index (χ0n) is 23.6. The molecule has 4 aromatic rings. The predicted molar refractivity (Wildman–Crippen MR) is 163 cm³/mol. The molecule has 1 aliphatic rings. The van der Waals surface area contributed by atoms with E-state index in [2.05, 4.69) is 5.32 Å². The van der Waals surface area contributed by atoms with Crippen LogP contribution in [0.1, 0.15) is 40.7 Å². The van der Waals surface area contributed by atoms with Crippen molar-refractivity contribution in [3.8, 4) is 5.75 Å². The molecule has 1 amide bonds. The molecule has 1 aliphatic carbocycles. The average molecular weight is 581 g/mol. The molecule has 43 heavy (non-hydrogen) atoms. The number of hydrogen-bond acceptors (Lipinski definition) is 5. The van der Waals surface area contributed by atoms with Crippen LogP contribution in [0.2, 0.25) is 0 Å². The fraction of sp³-hybridized carbons (Fsp3) is 0.229. The average Bonchev–Trinajstić information content (AvgIpc) is 3.00. The summed E-state index contributed by atoms with van der Waals surface area (Å²) in [5, 5.41) is 13.0. The molecule has 1 fully saturated rings. The van der Waals surface area contributed by atoms with Gasteiger partial charge in [0.2, 0.25) is 5.91 Å². The number of carbonyl (C=O) groups is 3. The number of para-hydroxylation sites is 1.